The minimum Gasteiger partial charge on any atom is -0.457 e. The molecule has 22 rings (SSSR count). The molecule has 0 aliphatic heterocycles. The molecule has 0 amide bonds. The molecular weight excluding hydrogens is 1750 g/mol. The van der Waals surface area contributed by atoms with Crippen LogP contribution in [0.15, 0.2) is 473 Å². The SMILES string of the molecule is CC(CCc1ccc(/C=C/c2ccccc2)cc1)c1ccccc1.Cc1ccc(C2=C(c3ccccc3)C(=O)C(c3ccccc3)=C2c2ccc(Oc3ccc(C#Cc4ccc5c(c4)CC(c4ccc(CCC(C)c6ccccc6)cc4)C(c4ccccc4)C5)cc3)cc2)cc1.Cc1ccc(C2=C(c3ccccc3)C(=O)C(c3ccccc3)=C2c2ccc(Oc3ccc(C#Cc4ccc5c(c4)CC5)cc3)cc2)cc1. The van der Waals surface area contributed by atoms with Gasteiger partial charge in [-0.15, -0.1) is 0 Å². The summed E-state index contributed by atoms with van der Waals surface area (Å²) in [5.74, 6) is 18.3. The van der Waals surface area contributed by atoms with Crippen molar-refractivity contribution in [1.82, 2.24) is 0 Å². The molecule has 0 fully saturated rings. The number of rotatable bonds is 24. The Balaban J connectivity index is 0.000000150. The fourth-order valence-electron chi connectivity index (χ4n) is 20.1. The molecule has 4 atom stereocenters. The van der Waals surface area contributed by atoms with E-state index in [0.29, 0.717) is 46.1 Å². The molecule has 144 heavy (non-hydrogen) atoms. The predicted molar refractivity (Wildman–Crippen MR) is 598 cm³/mol. The second-order valence-electron chi connectivity index (χ2n) is 38.1. The van der Waals surface area contributed by atoms with Crippen molar-refractivity contribution in [2.45, 2.75) is 103 Å². The Labute approximate surface area is 848 Å². The van der Waals surface area contributed by atoms with Crippen LogP contribution in [0.2, 0.25) is 0 Å². The lowest BCUT2D eigenvalue weighted by Crippen LogP contribution is -2.22. The molecule has 4 heteroatoms. The molecule has 696 valence electrons. The van der Waals surface area contributed by atoms with Crippen LogP contribution < -0.4 is 9.47 Å². The van der Waals surface area contributed by atoms with E-state index in [9.17, 15) is 9.59 Å². The lowest BCUT2D eigenvalue weighted by Gasteiger charge is -2.34. The van der Waals surface area contributed by atoms with Crippen LogP contribution in [-0.4, -0.2) is 11.6 Å². The Bertz CT molecular complexity index is 7860. The first-order chi connectivity index (χ1) is 70.8. The highest BCUT2D eigenvalue weighted by Crippen LogP contribution is 2.53. The molecule has 0 N–H and O–H groups in total. The Morgan fingerprint density at radius 1 is 0.257 bits per heavy atom. The minimum atomic E-state index is 0.0240. The molecule has 0 saturated heterocycles. The Kier molecular flexibility index (Phi) is 29.4. The van der Waals surface area contributed by atoms with Crippen LogP contribution in [0.4, 0.5) is 0 Å². The van der Waals surface area contributed by atoms with E-state index in [0.717, 1.165) is 150 Å². The third-order valence-electron chi connectivity index (χ3n) is 28.3. The number of allylic oxidation sites excluding steroid dienone is 8. The van der Waals surface area contributed by atoms with E-state index >= 15 is 0 Å². The number of carbonyl (C=O) groups is 2. The van der Waals surface area contributed by atoms with E-state index in [1.807, 2.05) is 200 Å². The van der Waals surface area contributed by atoms with Gasteiger partial charge in [0.05, 0.1) is 0 Å². The van der Waals surface area contributed by atoms with Crippen molar-refractivity contribution in [3.05, 3.63) is 618 Å². The van der Waals surface area contributed by atoms with Gasteiger partial charge in [0.2, 0.25) is 0 Å². The van der Waals surface area contributed by atoms with Crippen molar-refractivity contribution >= 4 is 68.3 Å². The summed E-state index contributed by atoms with van der Waals surface area (Å²) in [6.45, 7) is 8.81. The van der Waals surface area contributed by atoms with E-state index in [4.69, 9.17) is 9.47 Å². The molecule has 0 aromatic heterocycles. The number of fused-ring (bicyclic) bond motifs is 2. The summed E-state index contributed by atoms with van der Waals surface area (Å²) in [4.78, 5) is 29.2. The number of hydrogen-bond donors (Lipinski definition) is 0. The zero-order valence-corrected chi connectivity index (χ0v) is 81.8. The summed E-state index contributed by atoms with van der Waals surface area (Å²) in [5.41, 5.74) is 37.0. The number of carbonyl (C=O) groups excluding carboxylic acids is 2. The van der Waals surface area contributed by atoms with Crippen molar-refractivity contribution in [3.8, 4) is 46.7 Å². The zero-order valence-electron chi connectivity index (χ0n) is 81.8. The van der Waals surface area contributed by atoms with Gasteiger partial charge in [-0.25, -0.2) is 0 Å². The molecule has 18 aromatic carbocycles. The summed E-state index contributed by atoms with van der Waals surface area (Å²) in [5, 5.41) is 0. The van der Waals surface area contributed by atoms with Gasteiger partial charge in [0.25, 0.3) is 0 Å². The molecule has 4 nitrogen and oxygen atoms in total. The normalized spacial score (nSPS) is 14.4. The van der Waals surface area contributed by atoms with Crippen LogP contribution >= 0.6 is 0 Å². The average molecular weight is 1860 g/mol. The van der Waals surface area contributed by atoms with E-state index in [-0.39, 0.29) is 11.6 Å². The van der Waals surface area contributed by atoms with Gasteiger partial charge < -0.3 is 9.47 Å². The molecule has 0 spiro atoms. The zero-order chi connectivity index (χ0) is 97.9. The van der Waals surface area contributed by atoms with Gasteiger partial charge in [-0.2, -0.15) is 0 Å². The van der Waals surface area contributed by atoms with Crippen molar-refractivity contribution in [2.75, 3.05) is 0 Å². The first kappa shape index (κ1) is 94.3. The maximum atomic E-state index is 14.7. The molecular formula is C140H112O4. The first-order valence-electron chi connectivity index (χ1n) is 50.4. The number of ether oxygens (including phenoxy) is 2. The fraction of sp³-hybridized carbons (Fsp3) is 0.114. The van der Waals surface area contributed by atoms with Gasteiger partial charge >= 0.3 is 0 Å². The minimum absolute atomic E-state index is 0.0240. The number of hydrogen-bond acceptors (Lipinski definition) is 4. The van der Waals surface area contributed by atoms with Gasteiger partial charge in [0.15, 0.2) is 11.6 Å². The van der Waals surface area contributed by atoms with E-state index in [1.54, 1.807) is 0 Å². The second kappa shape index (κ2) is 44.9. The smallest absolute Gasteiger partial charge is 0.195 e. The highest BCUT2D eigenvalue weighted by molar-refractivity contribution is 6.60. The molecule has 0 saturated carbocycles. The van der Waals surface area contributed by atoms with Crippen molar-refractivity contribution < 1.29 is 19.1 Å². The van der Waals surface area contributed by atoms with Crippen LogP contribution in [0.1, 0.15) is 195 Å². The maximum Gasteiger partial charge on any atom is 0.195 e. The highest BCUT2D eigenvalue weighted by Gasteiger charge is 2.38. The monoisotopic (exact) mass is 1860 g/mol. The maximum absolute atomic E-state index is 14.7. The number of benzene rings is 18. The van der Waals surface area contributed by atoms with Crippen LogP contribution in [0.3, 0.4) is 0 Å². The van der Waals surface area contributed by atoms with Gasteiger partial charge in [-0.05, 0) is 297 Å². The average Bonchev–Trinajstić information content (AvgIpc) is 1.58. The third kappa shape index (κ3) is 22.6. The summed E-state index contributed by atoms with van der Waals surface area (Å²) >= 11 is 0. The highest BCUT2D eigenvalue weighted by atomic mass is 16.5. The van der Waals surface area contributed by atoms with Gasteiger partial charge in [0.1, 0.15) is 23.0 Å². The van der Waals surface area contributed by atoms with Crippen molar-refractivity contribution in [2.24, 2.45) is 0 Å². The van der Waals surface area contributed by atoms with Gasteiger partial charge in [-0.3, -0.25) is 9.59 Å². The largest absolute Gasteiger partial charge is 0.457 e. The summed E-state index contributed by atoms with van der Waals surface area (Å²) in [7, 11) is 0. The quantitative estimate of drug-likeness (QED) is 0.0447. The van der Waals surface area contributed by atoms with Crippen LogP contribution in [0, 0.1) is 37.5 Å². The molecule has 4 aliphatic carbocycles. The topological polar surface area (TPSA) is 52.6 Å². The van der Waals surface area contributed by atoms with Gasteiger partial charge in [-0.1, -0.05) is 437 Å². The molecule has 4 unspecified atom stereocenters. The number of aryl methyl sites for hydroxylation is 6. The molecule has 18 aromatic rings. The fourth-order valence-corrected chi connectivity index (χ4v) is 20.1. The molecule has 0 bridgehead atoms. The Morgan fingerprint density at radius 3 is 0.896 bits per heavy atom. The summed E-state index contributed by atoms with van der Waals surface area (Å²) in [6, 6.07) is 164. The van der Waals surface area contributed by atoms with Crippen LogP contribution in [-0.2, 0) is 48.1 Å². The molecule has 4 aliphatic rings. The lowest BCUT2D eigenvalue weighted by atomic mass is 9.70. The van der Waals surface area contributed by atoms with Crippen molar-refractivity contribution in [3.63, 3.8) is 0 Å². The van der Waals surface area contributed by atoms with Gasteiger partial charge in [0, 0.05) is 66.8 Å². The number of Topliss-reactive ketones (excluding diaryl/α,β-unsaturated/α-hetero) is 2. The van der Waals surface area contributed by atoms with Crippen LogP contribution in [0.25, 0.3) is 56.7 Å². The van der Waals surface area contributed by atoms with E-state index < -0.39 is 0 Å². The predicted octanol–water partition coefficient (Wildman–Crippen LogP) is 33.7. The lowest BCUT2D eigenvalue weighted by molar-refractivity contribution is -0.109. The summed E-state index contributed by atoms with van der Waals surface area (Å²) < 4.78 is 12.7. The standard InChI is InChI=1S/C70H56O2.C46H32O2.C24H24/c1-48-23-34-58(35-24-48)66-67(69(57-21-13-6-14-22-57)70(71)68(66)56-19-11-5-12-20-56)59-39-43-63(44-40-59)72-62-41-32-51(33-42-62)27-28-52-31-38-60-46-64(54-17-9-4-10-18-54)65(47-61(60)45-52)55-36-29-50(30-37-55)26-25-49(2)53-15-7-3-8-16-53;1-31-12-19-37(20-13-31)42-43(45(36-10-6-3-7-11-36)46(47)44(42)35-8-4-2-5-9-35)38-24-28-41(29-25-38)48-40-26-17-32(18-27-40)14-15-33-16-21-34-22-23-39(34)30-33;1-20(24-10-6-3-7-11-24)12-13-22-16-18-23(19-17-22)15-14-21-8-4-2-5-9-21/h3-24,29-45,49,64-65H,25-26,46-47H2,1-2H3;2-13,16-21,24-30H,22-23H2,1H3;2-11,14-20H,12-13H2,1H3/b;;15-14+. The van der Waals surface area contributed by atoms with E-state index in [1.165, 1.54) is 90.7 Å². The summed E-state index contributed by atoms with van der Waals surface area (Å²) in [6.07, 6.45) is 13.2. The third-order valence-corrected chi connectivity index (χ3v) is 28.3. The van der Waals surface area contributed by atoms with E-state index in [2.05, 4.69) is 337 Å². The second-order valence-corrected chi connectivity index (χ2v) is 38.1. The Hall–Kier alpha value is -17.3. The van der Waals surface area contributed by atoms with Crippen LogP contribution in [0.5, 0.6) is 23.0 Å². The molecule has 0 radical (unpaired) electrons. The van der Waals surface area contributed by atoms with Crippen molar-refractivity contribution in [1.29, 1.82) is 0 Å². The molecule has 0 heterocycles. The number of ketones is 2. The Morgan fingerprint density at radius 2 is 0.535 bits per heavy atom. The first-order valence-corrected chi connectivity index (χ1v) is 50.4.